The lowest BCUT2D eigenvalue weighted by atomic mass is 10.2. The van der Waals surface area contributed by atoms with Crippen molar-refractivity contribution in [3.05, 3.63) is 34.3 Å². The highest BCUT2D eigenvalue weighted by atomic mass is 79.9. The lowest BCUT2D eigenvalue weighted by Crippen LogP contribution is -2.58. The molecule has 2 rings (SSSR count). The number of benzene rings is 1. The molecule has 0 saturated carbocycles. The molecule has 0 spiro atoms. The molecule has 1 aliphatic heterocycles. The highest BCUT2D eigenvalue weighted by Gasteiger charge is 2.16. The summed E-state index contributed by atoms with van der Waals surface area (Å²) in [5, 5.41) is 2.84. The Morgan fingerprint density at radius 2 is 2.12 bits per heavy atom. The van der Waals surface area contributed by atoms with Gasteiger partial charge in [-0.1, -0.05) is 28.1 Å². The van der Waals surface area contributed by atoms with Crippen LogP contribution in [0, 0.1) is 0 Å². The Bertz CT molecular complexity index is 371. The average molecular weight is 302 g/mol. The number of thioether (sulfide) groups is 1. The van der Waals surface area contributed by atoms with Crippen LogP contribution in [0.15, 0.2) is 28.7 Å². The zero-order valence-electron chi connectivity index (χ0n) is 8.50. The third-order valence-electron chi connectivity index (χ3n) is 2.10. The predicted molar refractivity (Wildman–Crippen MR) is 68.5 cm³/mol. The Labute approximate surface area is 107 Å². The minimum atomic E-state index is -0.0649. The fourth-order valence-corrected chi connectivity index (χ4v) is 2.50. The summed E-state index contributed by atoms with van der Waals surface area (Å²) >= 11 is 5.03. The van der Waals surface area contributed by atoms with Gasteiger partial charge in [-0.3, -0.25) is 4.79 Å². The smallest absolute Gasteiger partial charge is 0.237 e. The van der Waals surface area contributed by atoms with Gasteiger partial charge in [-0.25, -0.2) is 10.9 Å². The molecule has 1 amide bonds. The lowest BCUT2D eigenvalue weighted by molar-refractivity contribution is -0.122. The van der Waals surface area contributed by atoms with E-state index in [0.29, 0.717) is 6.54 Å². The molecule has 3 N–H and O–H groups in total. The second-order valence-electron chi connectivity index (χ2n) is 3.38. The number of hydrazine groups is 1. The molecule has 1 aliphatic rings. The van der Waals surface area contributed by atoms with E-state index in [1.807, 2.05) is 12.1 Å². The van der Waals surface area contributed by atoms with Crippen LogP contribution in [0.3, 0.4) is 0 Å². The SMILES string of the molecule is O=C1CNNC(SCc2ccc(Br)cc2)N1. The Morgan fingerprint density at radius 3 is 2.81 bits per heavy atom. The number of hydrogen-bond donors (Lipinski definition) is 3. The molecule has 16 heavy (non-hydrogen) atoms. The molecule has 1 saturated heterocycles. The largest absolute Gasteiger partial charge is 0.330 e. The zero-order chi connectivity index (χ0) is 11.4. The monoisotopic (exact) mass is 301 g/mol. The van der Waals surface area contributed by atoms with Crippen LogP contribution in [0.5, 0.6) is 0 Å². The predicted octanol–water partition coefficient (Wildman–Crippen LogP) is 1.19. The standard InChI is InChI=1S/C10H12BrN3OS/c11-8-3-1-7(2-4-8)6-16-10-13-9(15)5-12-14-10/h1-4,10,12,14H,5-6H2,(H,13,15). The normalized spacial score (nSPS) is 20.6. The van der Waals surface area contributed by atoms with Crippen molar-refractivity contribution >= 4 is 33.6 Å². The van der Waals surface area contributed by atoms with E-state index in [4.69, 9.17) is 0 Å². The van der Waals surface area contributed by atoms with E-state index < -0.39 is 0 Å². The Kier molecular flexibility index (Phi) is 4.22. The van der Waals surface area contributed by atoms with Crippen molar-refractivity contribution in [3.63, 3.8) is 0 Å². The molecule has 0 aliphatic carbocycles. The first-order valence-electron chi connectivity index (χ1n) is 4.88. The zero-order valence-corrected chi connectivity index (χ0v) is 10.9. The van der Waals surface area contributed by atoms with Crippen molar-refractivity contribution in [1.82, 2.24) is 16.2 Å². The molecule has 1 aromatic carbocycles. The molecule has 1 fully saturated rings. The van der Waals surface area contributed by atoms with Gasteiger partial charge in [0.05, 0.1) is 6.54 Å². The van der Waals surface area contributed by atoms with Crippen molar-refractivity contribution in [1.29, 1.82) is 0 Å². The Hall–Kier alpha value is -0.560. The van der Waals surface area contributed by atoms with Gasteiger partial charge in [0.15, 0.2) is 0 Å². The summed E-state index contributed by atoms with van der Waals surface area (Å²) in [6.45, 7) is 0.329. The van der Waals surface area contributed by atoms with Gasteiger partial charge in [0.1, 0.15) is 5.50 Å². The molecule has 0 aromatic heterocycles. The van der Waals surface area contributed by atoms with Gasteiger partial charge in [-0.05, 0) is 17.7 Å². The first-order valence-corrected chi connectivity index (χ1v) is 6.72. The van der Waals surface area contributed by atoms with E-state index >= 15 is 0 Å². The molecule has 1 unspecified atom stereocenters. The molecule has 4 nitrogen and oxygen atoms in total. The molecule has 1 heterocycles. The maximum absolute atomic E-state index is 11.1. The molecule has 1 aromatic rings. The van der Waals surface area contributed by atoms with E-state index in [1.54, 1.807) is 11.8 Å². The number of halogens is 1. The summed E-state index contributed by atoms with van der Waals surface area (Å²) in [7, 11) is 0. The molecule has 0 bridgehead atoms. The Morgan fingerprint density at radius 1 is 1.38 bits per heavy atom. The minimum absolute atomic E-state index is 0.0204. The number of rotatable bonds is 3. The quantitative estimate of drug-likeness (QED) is 0.785. The van der Waals surface area contributed by atoms with Gasteiger partial charge >= 0.3 is 0 Å². The average Bonchev–Trinajstić information content (AvgIpc) is 2.28. The second kappa shape index (κ2) is 5.67. The van der Waals surface area contributed by atoms with Gasteiger partial charge in [-0.2, -0.15) is 0 Å². The van der Waals surface area contributed by atoms with Gasteiger partial charge in [-0.15, -0.1) is 11.8 Å². The summed E-state index contributed by atoms with van der Waals surface area (Å²) in [5.41, 5.74) is 7.01. The Balaban J connectivity index is 1.82. The first-order chi connectivity index (χ1) is 7.74. The summed E-state index contributed by atoms with van der Waals surface area (Å²) in [6.07, 6.45) is 0. The molecule has 1 atom stereocenters. The van der Waals surface area contributed by atoms with E-state index in [9.17, 15) is 4.79 Å². The molecule has 6 heteroatoms. The summed E-state index contributed by atoms with van der Waals surface area (Å²) in [4.78, 5) is 11.1. The van der Waals surface area contributed by atoms with Crippen LogP contribution in [-0.2, 0) is 10.5 Å². The molecular formula is C10H12BrN3OS. The lowest BCUT2D eigenvalue weighted by Gasteiger charge is -2.24. The minimum Gasteiger partial charge on any atom is -0.330 e. The van der Waals surface area contributed by atoms with Crippen molar-refractivity contribution < 1.29 is 4.79 Å². The number of carbonyl (C=O) groups is 1. The molecule has 0 radical (unpaired) electrons. The van der Waals surface area contributed by atoms with Crippen LogP contribution in [0.2, 0.25) is 0 Å². The van der Waals surface area contributed by atoms with Crippen LogP contribution in [0.4, 0.5) is 0 Å². The third kappa shape index (κ3) is 3.48. The van der Waals surface area contributed by atoms with Crippen molar-refractivity contribution in [3.8, 4) is 0 Å². The van der Waals surface area contributed by atoms with E-state index in [0.717, 1.165) is 10.2 Å². The number of carbonyl (C=O) groups excluding carboxylic acids is 1. The van der Waals surface area contributed by atoms with E-state index in [-0.39, 0.29) is 11.4 Å². The van der Waals surface area contributed by atoms with Crippen molar-refractivity contribution in [2.24, 2.45) is 0 Å². The second-order valence-corrected chi connectivity index (χ2v) is 5.39. The third-order valence-corrected chi connectivity index (χ3v) is 3.70. The first kappa shape index (κ1) is 11.9. The summed E-state index contributed by atoms with van der Waals surface area (Å²) < 4.78 is 1.08. The summed E-state index contributed by atoms with van der Waals surface area (Å²) in [6, 6.07) is 8.16. The topological polar surface area (TPSA) is 53.2 Å². The fraction of sp³-hybridized carbons (Fsp3) is 0.300. The highest BCUT2D eigenvalue weighted by molar-refractivity contribution is 9.10. The van der Waals surface area contributed by atoms with Crippen LogP contribution in [-0.4, -0.2) is 17.9 Å². The van der Waals surface area contributed by atoms with E-state index in [2.05, 4.69) is 44.2 Å². The van der Waals surface area contributed by atoms with E-state index in [1.165, 1.54) is 5.56 Å². The number of hydrogen-bond acceptors (Lipinski definition) is 4. The number of amides is 1. The summed E-state index contributed by atoms with van der Waals surface area (Å²) in [5.74, 6) is 0.874. The molecular weight excluding hydrogens is 290 g/mol. The maximum atomic E-state index is 11.1. The van der Waals surface area contributed by atoms with Gasteiger partial charge in [0.25, 0.3) is 0 Å². The molecule has 86 valence electrons. The van der Waals surface area contributed by atoms with Gasteiger partial charge in [0.2, 0.25) is 5.91 Å². The van der Waals surface area contributed by atoms with Crippen LogP contribution < -0.4 is 16.2 Å². The fourth-order valence-electron chi connectivity index (χ4n) is 1.30. The number of nitrogens with one attached hydrogen (secondary N) is 3. The van der Waals surface area contributed by atoms with Crippen LogP contribution in [0.25, 0.3) is 0 Å². The van der Waals surface area contributed by atoms with Crippen molar-refractivity contribution in [2.45, 2.75) is 11.3 Å². The highest BCUT2D eigenvalue weighted by Crippen LogP contribution is 2.17. The maximum Gasteiger partial charge on any atom is 0.237 e. The van der Waals surface area contributed by atoms with Crippen molar-refractivity contribution in [2.75, 3.05) is 6.54 Å². The van der Waals surface area contributed by atoms with Crippen LogP contribution >= 0.6 is 27.7 Å². The van der Waals surface area contributed by atoms with Gasteiger partial charge in [0, 0.05) is 10.2 Å². The van der Waals surface area contributed by atoms with Gasteiger partial charge < -0.3 is 5.32 Å². The van der Waals surface area contributed by atoms with Crippen LogP contribution in [0.1, 0.15) is 5.56 Å².